The molecular formula is C15H23N5O2S. The molecule has 0 bridgehead atoms. The predicted molar refractivity (Wildman–Crippen MR) is 90.9 cm³/mol. The van der Waals surface area contributed by atoms with Crippen molar-refractivity contribution in [3.05, 3.63) is 18.3 Å². The van der Waals surface area contributed by atoms with Crippen molar-refractivity contribution < 1.29 is 8.42 Å². The summed E-state index contributed by atoms with van der Waals surface area (Å²) < 4.78 is 26.5. The average molecular weight is 337 g/mol. The topological polar surface area (TPSA) is 71.3 Å². The summed E-state index contributed by atoms with van der Waals surface area (Å²) in [4.78, 5) is 11.3. The summed E-state index contributed by atoms with van der Waals surface area (Å²) in [6.45, 7) is 2.37. The van der Waals surface area contributed by atoms with E-state index < -0.39 is 10.0 Å². The number of aryl methyl sites for hydroxylation is 1. The molecule has 23 heavy (non-hydrogen) atoms. The van der Waals surface area contributed by atoms with Crippen molar-refractivity contribution >= 4 is 27.1 Å². The molecule has 0 aromatic carbocycles. The number of hydrogen-bond acceptors (Lipinski definition) is 5. The molecule has 1 aliphatic rings. The Kier molecular flexibility index (Phi) is 4.29. The maximum atomic E-state index is 11.5. The van der Waals surface area contributed by atoms with Gasteiger partial charge in [0.05, 0.1) is 6.26 Å². The molecule has 8 heteroatoms. The van der Waals surface area contributed by atoms with Crippen LogP contribution in [0.15, 0.2) is 18.3 Å². The standard InChI is InChI=1S/C15H23N5O2S/c1-18(23(3,21)22)11-12-6-9-20(10-7-12)15-17-13-5-4-8-16-14(13)19(15)2/h4-5,8,12H,6-7,9-11H2,1-3H3. The first kappa shape index (κ1) is 16.2. The van der Waals surface area contributed by atoms with Gasteiger partial charge in [0.25, 0.3) is 0 Å². The molecule has 0 spiro atoms. The fourth-order valence-corrected chi connectivity index (χ4v) is 3.59. The summed E-state index contributed by atoms with van der Waals surface area (Å²) in [6.07, 6.45) is 4.97. The molecule has 1 saturated heterocycles. The zero-order chi connectivity index (χ0) is 16.6. The van der Waals surface area contributed by atoms with E-state index in [4.69, 9.17) is 0 Å². The highest BCUT2D eigenvalue weighted by atomic mass is 32.2. The number of fused-ring (bicyclic) bond motifs is 1. The molecule has 0 aliphatic carbocycles. The number of aromatic nitrogens is 3. The predicted octanol–water partition coefficient (Wildman–Crippen LogP) is 1.08. The maximum absolute atomic E-state index is 11.5. The summed E-state index contributed by atoms with van der Waals surface area (Å²) in [5.74, 6) is 1.34. The molecule has 126 valence electrons. The van der Waals surface area contributed by atoms with E-state index >= 15 is 0 Å². The molecule has 0 unspecified atom stereocenters. The Bertz CT molecular complexity index is 793. The molecule has 1 fully saturated rings. The molecule has 2 aromatic heterocycles. The first-order valence-electron chi connectivity index (χ1n) is 7.80. The average Bonchev–Trinajstić information content (AvgIpc) is 2.85. The third-order valence-electron chi connectivity index (χ3n) is 4.58. The molecular weight excluding hydrogens is 314 g/mol. The van der Waals surface area contributed by atoms with E-state index in [1.165, 1.54) is 10.6 Å². The molecule has 0 atom stereocenters. The first-order valence-corrected chi connectivity index (χ1v) is 9.65. The van der Waals surface area contributed by atoms with Gasteiger partial charge in [0.2, 0.25) is 16.0 Å². The summed E-state index contributed by atoms with van der Waals surface area (Å²) >= 11 is 0. The second-order valence-corrected chi connectivity index (χ2v) is 8.38. The van der Waals surface area contributed by atoms with E-state index in [9.17, 15) is 8.42 Å². The third kappa shape index (κ3) is 3.32. The molecule has 0 radical (unpaired) electrons. The normalized spacial score (nSPS) is 17.3. The van der Waals surface area contributed by atoms with Crippen LogP contribution in [-0.2, 0) is 17.1 Å². The zero-order valence-electron chi connectivity index (χ0n) is 13.8. The Morgan fingerprint density at radius 1 is 1.35 bits per heavy atom. The van der Waals surface area contributed by atoms with Crippen LogP contribution in [0.4, 0.5) is 5.95 Å². The summed E-state index contributed by atoms with van der Waals surface area (Å²) in [5.41, 5.74) is 1.80. The summed E-state index contributed by atoms with van der Waals surface area (Å²) in [6, 6.07) is 3.87. The van der Waals surface area contributed by atoms with Crippen molar-refractivity contribution in [1.29, 1.82) is 0 Å². The van der Waals surface area contributed by atoms with Crippen molar-refractivity contribution in [2.24, 2.45) is 13.0 Å². The third-order valence-corrected chi connectivity index (χ3v) is 5.86. The van der Waals surface area contributed by atoms with E-state index in [0.29, 0.717) is 12.5 Å². The van der Waals surface area contributed by atoms with Crippen LogP contribution in [0.3, 0.4) is 0 Å². The quantitative estimate of drug-likeness (QED) is 0.835. The fraction of sp³-hybridized carbons (Fsp3) is 0.600. The number of nitrogens with zero attached hydrogens (tertiary/aromatic N) is 5. The number of piperidine rings is 1. The van der Waals surface area contributed by atoms with Crippen molar-refractivity contribution in [2.75, 3.05) is 37.8 Å². The van der Waals surface area contributed by atoms with Gasteiger partial charge in [0, 0.05) is 39.9 Å². The Hall–Kier alpha value is -1.67. The highest BCUT2D eigenvalue weighted by Crippen LogP contribution is 2.25. The van der Waals surface area contributed by atoms with E-state index in [-0.39, 0.29) is 0 Å². The molecule has 1 aliphatic heterocycles. The number of sulfonamides is 1. The van der Waals surface area contributed by atoms with Gasteiger partial charge in [-0.05, 0) is 30.9 Å². The van der Waals surface area contributed by atoms with Crippen molar-refractivity contribution in [1.82, 2.24) is 18.8 Å². The number of hydrogen-bond donors (Lipinski definition) is 0. The van der Waals surface area contributed by atoms with Gasteiger partial charge in [0.1, 0.15) is 5.52 Å². The van der Waals surface area contributed by atoms with Gasteiger partial charge in [-0.15, -0.1) is 0 Å². The fourth-order valence-electron chi connectivity index (χ4n) is 3.11. The lowest BCUT2D eigenvalue weighted by Crippen LogP contribution is -2.40. The van der Waals surface area contributed by atoms with Crippen LogP contribution in [0.1, 0.15) is 12.8 Å². The Labute approximate surface area is 137 Å². The number of rotatable bonds is 4. The smallest absolute Gasteiger partial charge is 0.210 e. The monoisotopic (exact) mass is 337 g/mol. The van der Waals surface area contributed by atoms with Crippen molar-refractivity contribution in [3.63, 3.8) is 0 Å². The van der Waals surface area contributed by atoms with Crippen molar-refractivity contribution in [2.45, 2.75) is 12.8 Å². The minimum absolute atomic E-state index is 0.402. The van der Waals surface area contributed by atoms with Crippen LogP contribution in [-0.4, -0.2) is 60.2 Å². The van der Waals surface area contributed by atoms with Gasteiger partial charge < -0.3 is 4.90 Å². The molecule has 0 saturated carbocycles. The van der Waals surface area contributed by atoms with Gasteiger partial charge in [0.15, 0.2) is 5.65 Å². The van der Waals surface area contributed by atoms with Crippen LogP contribution in [0.5, 0.6) is 0 Å². The van der Waals surface area contributed by atoms with Gasteiger partial charge in [-0.3, -0.25) is 4.57 Å². The van der Waals surface area contributed by atoms with E-state index in [2.05, 4.69) is 14.9 Å². The minimum Gasteiger partial charge on any atom is -0.342 e. The lowest BCUT2D eigenvalue weighted by atomic mass is 9.97. The SMILES string of the molecule is CN(CC1CCN(c2nc3cccnc3n2C)CC1)S(C)(=O)=O. The van der Waals surface area contributed by atoms with Crippen LogP contribution in [0, 0.1) is 5.92 Å². The van der Waals surface area contributed by atoms with Crippen molar-refractivity contribution in [3.8, 4) is 0 Å². The van der Waals surface area contributed by atoms with E-state index in [0.717, 1.165) is 43.0 Å². The lowest BCUT2D eigenvalue weighted by Gasteiger charge is -2.33. The van der Waals surface area contributed by atoms with Gasteiger partial charge in [-0.2, -0.15) is 0 Å². The zero-order valence-corrected chi connectivity index (χ0v) is 14.6. The molecule has 7 nitrogen and oxygen atoms in total. The number of imidazole rings is 1. The van der Waals surface area contributed by atoms with Crippen LogP contribution in [0.25, 0.3) is 11.2 Å². The highest BCUT2D eigenvalue weighted by molar-refractivity contribution is 7.88. The Morgan fingerprint density at radius 3 is 2.65 bits per heavy atom. The second kappa shape index (κ2) is 6.09. The first-order chi connectivity index (χ1) is 10.9. The van der Waals surface area contributed by atoms with Crippen LogP contribution in [0.2, 0.25) is 0 Å². The second-order valence-electron chi connectivity index (χ2n) is 6.29. The Balaban J connectivity index is 1.68. The molecule has 0 N–H and O–H groups in total. The van der Waals surface area contributed by atoms with Gasteiger partial charge in [-0.1, -0.05) is 0 Å². The van der Waals surface area contributed by atoms with Gasteiger partial charge in [-0.25, -0.2) is 22.7 Å². The largest absolute Gasteiger partial charge is 0.342 e. The maximum Gasteiger partial charge on any atom is 0.210 e. The minimum atomic E-state index is -3.10. The van der Waals surface area contributed by atoms with Gasteiger partial charge >= 0.3 is 0 Å². The number of pyridine rings is 1. The molecule has 0 amide bonds. The lowest BCUT2D eigenvalue weighted by molar-refractivity contribution is 0.327. The number of anilines is 1. The molecule has 3 rings (SSSR count). The summed E-state index contributed by atoms with van der Waals surface area (Å²) in [7, 11) is 0.542. The molecule has 3 heterocycles. The van der Waals surface area contributed by atoms with E-state index in [1.54, 1.807) is 13.2 Å². The van der Waals surface area contributed by atoms with E-state index in [1.807, 2.05) is 23.7 Å². The summed E-state index contributed by atoms with van der Waals surface area (Å²) in [5, 5.41) is 0. The highest BCUT2D eigenvalue weighted by Gasteiger charge is 2.25. The Morgan fingerprint density at radius 2 is 2.04 bits per heavy atom. The van der Waals surface area contributed by atoms with Crippen LogP contribution < -0.4 is 4.90 Å². The van der Waals surface area contributed by atoms with Crippen LogP contribution >= 0.6 is 0 Å². The molecule has 2 aromatic rings.